The lowest BCUT2D eigenvalue weighted by atomic mass is 10.1. The second kappa shape index (κ2) is 5.42. The van der Waals surface area contributed by atoms with Gasteiger partial charge in [0.2, 0.25) is 0 Å². The van der Waals surface area contributed by atoms with Crippen molar-refractivity contribution in [3.8, 4) is 0 Å². The molecule has 1 saturated heterocycles. The van der Waals surface area contributed by atoms with Gasteiger partial charge in [0.25, 0.3) is 0 Å². The van der Waals surface area contributed by atoms with Crippen LogP contribution in [-0.2, 0) is 0 Å². The Hall–Kier alpha value is -0.670. The van der Waals surface area contributed by atoms with E-state index in [2.05, 4.69) is 41.2 Å². The predicted molar refractivity (Wildman–Crippen MR) is 67.7 cm³/mol. The first-order valence-corrected chi connectivity index (χ1v) is 6.72. The third-order valence-corrected chi connectivity index (χ3v) is 3.46. The molecule has 2 rings (SSSR count). The third-order valence-electron chi connectivity index (χ3n) is 2.74. The van der Waals surface area contributed by atoms with Crippen LogP contribution in [0.2, 0.25) is 0 Å². The Morgan fingerprint density at radius 2 is 2.40 bits per heavy atom. The topological polar surface area (TPSA) is 24.1 Å². The maximum Gasteiger partial charge on any atom is 0.0386 e. The van der Waals surface area contributed by atoms with E-state index in [1.165, 1.54) is 30.0 Å². The molecule has 0 radical (unpaired) electrons. The van der Waals surface area contributed by atoms with Gasteiger partial charge in [0, 0.05) is 23.2 Å². The lowest BCUT2D eigenvalue weighted by Crippen LogP contribution is -2.38. The minimum atomic E-state index is 0.593. The Labute approximate surface area is 95.8 Å². The largest absolute Gasteiger partial charge is 0.381 e. The van der Waals surface area contributed by atoms with Crippen LogP contribution in [0.4, 0.5) is 5.69 Å². The first-order valence-electron chi connectivity index (χ1n) is 5.50. The summed E-state index contributed by atoms with van der Waals surface area (Å²) in [5.74, 6) is 0. The van der Waals surface area contributed by atoms with E-state index in [1.807, 2.05) is 0 Å². The molecule has 0 saturated carbocycles. The summed E-state index contributed by atoms with van der Waals surface area (Å²) in [5.41, 5.74) is 1.25. The number of thioether (sulfide) groups is 1. The number of nitrogens with one attached hydrogen (secondary N) is 2. The number of hydrogen-bond donors (Lipinski definition) is 2. The van der Waals surface area contributed by atoms with Gasteiger partial charge in [-0.3, -0.25) is 0 Å². The van der Waals surface area contributed by atoms with Gasteiger partial charge in [-0.05, 0) is 43.8 Å². The van der Waals surface area contributed by atoms with Crippen molar-refractivity contribution in [2.45, 2.75) is 23.8 Å². The summed E-state index contributed by atoms with van der Waals surface area (Å²) >= 11 is 1.79. The van der Waals surface area contributed by atoms with E-state index in [1.54, 1.807) is 11.8 Å². The standard InChI is InChI=1S/C12H18N2S/c1-15-12-6-2-4-10(8-12)14-11-5-3-7-13-9-11/h2,4,6,8,11,13-14H,3,5,7,9H2,1H3. The zero-order valence-electron chi connectivity index (χ0n) is 9.12. The molecule has 1 aliphatic heterocycles. The van der Waals surface area contributed by atoms with Crippen LogP contribution in [0.15, 0.2) is 29.2 Å². The molecule has 1 unspecified atom stereocenters. The second-order valence-corrected chi connectivity index (χ2v) is 4.80. The maximum absolute atomic E-state index is 3.58. The van der Waals surface area contributed by atoms with E-state index >= 15 is 0 Å². The molecule has 1 heterocycles. The van der Waals surface area contributed by atoms with Gasteiger partial charge in [-0.25, -0.2) is 0 Å². The number of benzene rings is 1. The molecule has 0 aliphatic carbocycles. The van der Waals surface area contributed by atoms with Crippen LogP contribution in [0.3, 0.4) is 0 Å². The van der Waals surface area contributed by atoms with Crippen LogP contribution in [-0.4, -0.2) is 25.4 Å². The smallest absolute Gasteiger partial charge is 0.0386 e. The highest BCUT2D eigenvalue weighted by atomic mass is 32.2. The summed E-state index contributed by atoms with van der Waals surface area (Å²) in [6, 6.07) is 9.23. The molecule has 0 spiro atoms. The Morgan fingerprint density at radius 1 is 1.47 bits per heavy atom. The molecule has 2 N–H and O–H groups in total. The van der Waals surface area contributed by atoms with E-state index in [4.69, 9.17) is 0 Å². The van der Waals surface area contributed by atoms with Crippen LogP contribution in [0, 0.1) is 0 Å². The van der Waals surface area contributed by atoms with Gasteiger partial charge in [0.1, 0.15) is 0 Å². The molecule has 1 aromatic carbocycles. The zero-order chi connectivity index (χ0) is 10.5. The van der Waals surface area contributed by atoms with Crippen molar-refractivity contribution in [2.75, 3.05) is 24.7 Å². The molecule has 82 valence electrons. The van der Waals surface area contributed by atoms with Gasteiger partial charge in [-0.15, -0.1) is 11.8 Å². The second-order valence-electron chi connectivity index (χ2n) is 3.92. The summed E-state index contributed by atoms with van der Waals surface area (Å²) in [6.07, 6.45) is 4.66. The monoisotopic (exact) mass is 222 g/mol. The Morgan fingerprint density at radius 3 is 3.13 bits per heavy atom. The highest BCUT2D eigenvalue weighted by Crippen LogP contribution is 2.20. The first kappa shape index (κ1) is 10.8. The van der Waals surface area contributed by atoms with Crippen LogP contribution < -0.4 is 10.6 Å². The number of rotatable bonds is 3. The number of hydrogen-bond acceptors (Lipinski definition) is 3. The van der Waals surface area contributed by atoms with Crippen molar-refractivity contribution >= 4 is 17.4 Å². The highest BCUT2D eigenvalue weighted by Gasteiger charge is 2.11. The van der Waals surface area contributed by atoms with E-state index in [0.717, 1.165) is 6.54 Å². The van der Waals surface area contributed by atoms with E-state index < -0.39 is 0 Å². The van der Waals surface area contributed by atoms with E-state index in [9.17, 15) is 0 Å². The molecule has 3 heteroatoms. The fourth-order valence-electron chi connectivity index (χ4n) is 1.92. The lowest BCUT2D eigenvalue weighted by Gasteiger charge is -2.24. The molecule has 0 bridgehead atoms. The van der Waals surface area contributed by atoms with Crippen LogP contribution >= 0.6 is 11.8 Å². The highest BCUT2D eigenvalue weighted by molar-refractivity contribution is 7.98. The summed E-state index contributed by atoms with van der Waals surface area (Å²) in [4.78, 5) is 1.32. The molecule has 15 heavy (non-hydrogen) atoms. The average Bonchev–Trinajstić information content (AvgIpc) is 2.31. The Balaban J connectivity index is 1.96. The molecule has 0 aromatic heterocycles. The fourth-order valence-corrected chi connectivity index (χ4v) is 2.38. The molecule has 0 amide bonds. The number of piperidine rings is 1. The van der Waals surface area contributed by atoms with E-state index in [-0.39, 0.29) is 0 Å². The summed E-state index contributed by atoms with van der Waals surface area (Å²) < 4.78 is 0. The van der Waals surface area contributed by atoms with Crippen LogP contribution in [0.25, 0.3) is 0 Å². The molecule has 1 fully saturated rings. The first-order chi connectivity index (χ1) is 7.38. The van der Waals surface area contributed by atoms with Gasteiger partial charge in [0.15, 0.2) is 0 Å². The SMILES string of the molecule is CSc1cccc(NC2CCCNC2)c1. The maximum atomic E-state index is 3.58. The van der Waals surface area contributed by atoms with Gasteiger partial charge >= 0.3 is 0 Å². The van der Waals surface area contributed by atoms with Crippen molar-refractivity contribution in [3.63, 3.8) is 0 Å². The summed E-state index contributed by atoms with van der Waals surface area (Å²) in [6.45, 7) is 2.26. The van der Waals surface area contributed by atoms with Gasteiger partial charge in [0.05, 0.1) is 0 Å². The van der Waals surface area contributed by atoms with Crippen LogP contribution in [0.5, 0.6) is 0 Å². The molecule has 2 nitrogen and oxygen atoms in total. The van der Waals surface area contributed by atoms with Crippen molar-refractivity contribution in [2.24, 2.45) is 0 Å². The predicted octanol–water partition coefficient (Wildman–Crippen LogP) is 2.57. The van der Waals surface area contributed by atoms with E-state index in [0.29, 0.717) is 6.04 Å². The Kier molecular flexibility index (Phi) is 3.92. The van der Waals surface area contributed by atoms with Crippen molar-refractivity contribution < 1.29 is 0 Å². The lowest BCUT2D eigenvalue weighted by molar-refractivity contribution is 0.480. The quantitative estimate of drug-likeness (QED) is 0.769. The van der Waals surface area contributed by atoms with Gasteiger partial charge in [-0.2, -0.15) is 0 Å². The molecular weight excluding hydrogens is 204 g/mol. The minimum Gasteiger partial charge on any atom is -0.381 e. The Bertz CT molecular complexity index is 308. The molecule has 1 atom stereocenters. The minimum absolute atomic E-state index is 0.593. The summed E-state index contributed by atoms with van der Waals surface area (Å²) in [5, 5.41) is 7.00. The molecule has 1 aliphatic rings. The third kappa shape index (κ3) is 3.14. The molecular formula is C12H18N2S. The van der Waals surface area contributed by atoms with Crippen molar-refractivity contribution in [1.29, 1.82) is 0 Å². The summed E-state index contributed by atoms with van der Waals surface area (Å²) in [7, 11) is 0. The van der Waals surface area contributed by atoms with Crippen molar-refractivity contribution in [1.82, 2.24) is 5.32 Å². The van der Waals surface area contributed by atoms with Gasteiger partial charge in [-0.1, -0.05) is 6.07 Å². The number of anilines is 1. The average molecular weight is 222 g/mol. The van der Waals surface area contributed by atoms with Crippen LogP contribution in [0.1, 0.15) is 12.8 Å². The van der Waals surface area contributed by atoms with Crippen molar-refractivity contribution in [3.05, 3.63) is 24.3 Å². The normalized spacial score (nSPS) is 21.3. The fraction of sp³-hybridized carbons (Fsp3) is 0.500. The zero-order valence-corrected chi connectivity index (χ0v) is 9.94. The molecule has 1 aromatic rings. The van der Waals surface area contributed by atoms with Gasteiger partial charge < -0.3 is 10.6 Å².